The number of amides is 1. The van der Waals surface area contributed by atoms with Crippen LogP contribution in [0.2, 0.25) is 5.02 Å². The third-order valence-electron chi connectivity index (χ3n) is 1.73. The number of halogens is 1. The lowest BCUT2D eigenvalue weighted by molar-refractivity contribution is -0.131. The van der Waals surface area contributed by atoms with E-state index in [-0.39, 0.29) is 5.91 Å². The largest absolute Gasteiger partial charge is 0.427 e. The Morgan fingerprint density at radius 2 is 2.00 bits per heavy atom. The molecule has 0 aliphatic heterocycles. The quantitative estimate of drug-likeness (QED) is 0.650. The molecule has 16 heavy (non-hydrogen) atoms. The standard InChI is InChI=1S/C11H12ClNO3/c1-7(14)13-6-9-3-10(12)5-11(4-9)16-8(2)15/h3-5H,6H2,1-2H3,(H,13,14). The molecule has 0 saturated heterocycles. The second-order valence-corrected chi connectivity index (χ2v) is 3.74. The summed E-state index contributed by atoms with van der Waals surface area (Å²) >= 11 is 5.84. The molecule has 1 aromatic carbocycles. The molecule has 0 atom stereocenters. The Morgan fingerprint density at radius 1 is 1.31 bits per heavy atom. The van der Waals surface area contributed by atoms with Gasteiger partial charge in [-0.3, -0.25) is 9.59 Å². The predicted molar refractivity (Wildman–Crippen MR) is 60.3 cm³/mol. The summed E-state index contributed by atoms with van der Waals surface area (Å²) < 4.78 is 4.91. The molecule has 0 spiro atoms. The lowest BCUT2D eigenvalue weighted by Gasteiger charge is -2.06. The van der Waals surface area contributed by atoms with E-state index in [1.165, 1.54) is 13.8 Å². The van der Waals surface area contributed by atoms with Crippen molar-refractivity contribution in [2.75, 3.05) is 0 Å². The Hall–Kier alpha value is -1.55. The van der Waals surface area contributed by atoms with Crippen LogP contribution in [-0.4, -0.2) is 11.9 Å². The number of carbonyl (C=O) groups excluding carboxylic acids is 2. The highest BCUT2D eigenvalue weighted by Gasteiger charge is 2.03. The summed E-state index contributed by atoms with van der Waals surface area (Å²) in [6.45, 7) is 3.09. The molecule has 0 aromatic heterocycles. The Kier molecular flexibility index (Phi) is 4.31. The average molecular weight is 242 g/mol. The van der Waals surface area contributed by atoms with Crippen LogP contribution in [0, 0.1) is 0 Å². The number of rotatable bonds is 3. The molecule has 0 radical (unpaired) electrons. The number of ether oxygens (including phenoxy) is 1. The summed E-state index contributed by atoms with van der Waals surface area (Å²) in [7, 11) is 0. The number of hydrogen-bond donors (Lipinski definition) is 1. The molecule has 0 fully saturated rings. The van der Waals surface area contributed by atoms with E-state index in [1.54, 1.807) is 18.2 Å². The van der Waals surface area contributed by atoms with Crippen molar-refractivity contribution in [3.05, 3.63) is 28.8 Å². The first-order chi connectivity index (χ1) is 7.47. The Bertz CT molecular complexity index is 418. The van der Waals surface area contributed by atoms with Gasteiger partial charge in [-0.15, -0.1) is 0 Å². The summed E-state index contributed by atoms with van der Waals surface area (Å²) in [5.41, 5.74) is 0.777. The van der Waals surface area contributed by atoms with Gasteiger partial charge in [0, 0.05) is 25.4 Å². The zero-order valence-corrected chi connectivity index (χ0v) is 9.80. The van der Waals surface area contributed by atoms with Gasteiger partial charge in [0.05, 0.1) is 0 Å². The Morgan fingerprint density at radius 3 is 2.56 bits per heavy atom. The molecule has 4 nitrogen and oxygen atoms in total. The molecule has 0 heterocycles. The lowest BCUT2D eigenvalue weighted by atomic mass is 10.2. The van der Waals surface area contributed by atoms with Gasteiger partial charge < -0.3 is 10.1 Å². The highest BCUT2D eigenvalue weighted by molar-refractivity contribution is 6.30. The molecule has 1 amide bonds. The van der Waals surface area contributed by atoms with Crippen LogP contribution in [0.25, 0.3) is 0 Å². The van der Waals surface area contributed by atoms with Crippen molar-refractivity contribution in [2.45, 2.75) is 20.4 Å². The maximum Gasteiger partial charge on any atom is 0.308 e. The molecular weight excluding hydrogens is 230 g/mol. The molecule has 5 heteroatoms. The second-order valence-electron chi connectivity index (χ2n) is 3.30. The van der Waals surface area contributed by atoms with Crippen molar-refractivity contribution >= 4 is 23.5 Å². The molecule has 0 aliphatic rings. The van der Waals surface area contributed by atoms with Gasteiger partial charge in [-0.05, 0) is 23.8 Å². The highest BCUT2D eigenvalue weighted by atomic mass is 35.5. The minimum absolute atomic E-state index is 0.131. The number of carbonyl (C=O) groups is 2. The third kappa shape index (κ3) is 4.31. The van der Waals surface area contributed by atoms with Crippen LogP contribution in [0.5, 0.6) is 5.75 Å². The van der Waals surface area contributed by atoms with E-state index in [0.29, 0.717) is 17.3 Å². The van der Waals surface area contributed by atoms with Crippen molar-refractivity contribution in [1.82, 2.24) is 5.32 Å². The van der Waals surface area contributed by atoms with Gasteiger partial charge in [-0.2, -0.15) is 0 Å². The number of esters is 1. The lowest BCUT2D eigenvalue weighted by Crippen LogP contribution is -2.18. The summed E-state index contributed by atoms with van der Waals surface area (Å²) in [6, 6.07) is 4.90. The second kappa shape index (κ2) is 5.51. The highest BCUT2D eigenvalue weighted by Crippen LogP contribution is 2.21. The predicted octanol–water partition coefficient (Wildman–Crippen LogP) is 1.90. The summed E-state index contributed by atoms with van der Waals surface area (Å²) in [5.74, 6) is -0.165. The summed E-state index contributed by atoms with van der Waals surface area (Å²) in [6.07, 6.45) is 0. The third-order valence-corrected chi connectivity index (χ3v) is 1.95. The Labute approximate surface area is 98.5 Å². The fraction of sp³-hybridized carbons (Fsp3) is 0.273. The molecule has 0 unspecified atom stereocenters. The van der Waals surface area contributed by atoms with Crippen LogP contribution in [-0.2, 0) is 16.1 Å². The van der Waals surface area contributed by atoms with Crippen LogP contribution in [0.4, 0.5) is 0 Å². The molecular formula is C11H12ClNO3. The number of nitrogens with one attached hydrogen (secondary N) is 1. The van der Waals surface area contributed by atoms with Crippen LogP contribution < -0.4 is 10.1 Å². The smallest absolute Gasteiger partial charge is 0.308 e. The first kappa shape index (κ1) is 12.5. The first-order valence-corrected chi connectivity index (χ1v) is 5.07. The zero-order chi connectivity index (χ0) is 12.1. The van der Waals surface area contributed by atoms with Crippen LogP contribution in [0.3, 0.4) is 0 Å². The van der Waals surface area contributed by atoms with E-state index in [4.69, 9.17) is 16.3 Å². The van der Waals surface area contributed by atoms with Gasteiger partial charge in [0.2, 0.25) is 5.91 Å². The fourth-order valence-corrected chi connectivity index (χ4v) is 1.42. The SMILES string of the molecule is CC(=O)NCc1cc(Cl)cc(OC(C)=O)c1. The van der Waals surface area contributed by atoms with E-state index < -0.39 is 5.97 Å². The molecule has 86 valence electrons. The van der Waals surface area contributed by atoms with Gasteiger partial charge >= 0.3 is 5.97 Å². The molecule has 1 N–H and O–H groups in total. The van der Waals surface area contributed by atoms with E-state index >= 15 is 0 Å². The van der Waals surface area contributed by atoms with Gasteiger partial charge in [-0.1, -0.05) is 11.6 Å². The van der Waals surface area contributed by atoms with Crippen molar-refractivity contribution in [3.8, 4) is 5.75 Å². The fourth-order valence-electron chi connectivity index (χ4n) is 1.17. The van der Waals surface area contributed by atoms with Crippen molar-refractivity contribution < 1.29 is 14.3 Å². The molecule has 0 saturated carbocycles. The summed E-state index contributed by atoms with van der Waals surface area (Å²) in [5, 5.41) is 3.09. The van der Waals surface area contributed by atoms with Gasteiger partial charge in [0.25, 0.3) is 0 Å². The maximum absolute atomic E-state index is 10.8. The monoisotopic (exact) mass is 241 g/mol. The van der Waals surface area contributed by atoms with Crippen molar-refractivity contribution in [1.29, 1.82) is 0 Å². The molecule has 0 bridgehead atoms. The minimum Gasteiger partial charge on any atom is -0.427 e. The normalized spacial score (nSPS) is 9.69. The van der Waals surface area contributed by atoms with Gasteiger partial charge in [0.15, 0.2) is 0 Å². The van der Waals surface area contributed by atoms with E-state index in [1.807, 2.05) is 0 Å². The first-order valence-electron chi connectivity index (χ1n) is 4.69. The number of benzene rings is 1. The molecule has 1 aromatic rings. The van der Waals surface area contributed by atoms with Crippen molar-refractivity contribution in [2.24, 2.45) is 0 Å². The molecule has 1 rings (SSSR count). The van der Waals surface area contributed by atoms with Crippen molar-refractivity contribution in [3.63, 3.8) is 0 Å². The van der Waals surface area contributed by atoms with Crippen LogP contribution in [0.1, 0.15) is 19.4 Å². The van der Waals surface area contributed by atoms with E-state index in [9.17, 15) is 9.59 Å². The van der Waals surface area contributed by atoms with Gasteiger partial charge in [0.1, 0.15) is 5.75 Å². The number of hydrogen-bond acceptors (Lipinski definition) is 3. The maximum atomic E-state index is 10.8. The summed E-state index contributed by atoms with van der Waals surface area (Å²) in [4.78, 5) is 21.5. The van der Waals surface area contributed by atoms with Crippen LogP contribution in [0.15, 0.2) is 18.2 Å². The topological polar surface area (TPSA) is 55.4 Å². The van der Waals surface area contributed by atoms with Gasteiger partial charge in [-0.25, -0.2) is 0 Å². The zero-order valence-electron chi connectivity index (χ0n) is 9.04. The molecule has 0 aliphatic carbocycles. The van der Waals surface area contributed by atoms with Crippen LogP contribution >= 0.6 is 11.6 Å². The minimum atomic E-state index is -0.409. The Balaban J connectivity index is 2.80. The van der Waals surface area contributed by atoms with E-state index in [2.05, 4.69) is 5.32 Å². The van der Waals surface area contributed by atoms with E-state index in [0.717, 1.165) is 5.56 Å². The average Bonchev–Trinajstić information content (AvgIpc) is 2.12.